The first-order chi connectivity index (χ1) is 15.0. The van der Waals surface area contributed by atoms with Gasteiger partial charge >= 0.3 is 0 Å². The summed E-state index contributed by atoms with van der Waals surface area (Å²) < 4.78 is 98.3. The summed E-state index contributed by atoms with van der Waals surface area (Å²) in [7, 11) is -5.77. The Hall–Kier alpha value is -2.98. The van der Waals surface area contributed by atoms with Crippen LogP contribution in [0.3, 0.4) is 0 Å². The molecule has 0 heterocycles. The first-order valence-corrected chi connectivity index (χ1v) is 10.6. The number of aryl methyl sites for hydroxylation is 1. The van der Waals surface area contributed by atoms with Gasteiger partial charge in [0.2, 0.25) is 5.82 Å². The number of hydrogen-bond acceptors (Lipinski definition) is 4. The van der Waals surface area contributed by atoms with Crippen LogP contribution in [0.2, 0.25) is 0 Å². The molecular weight excluding hydrogens is 455 g/mol. The monoisotopic (exact) mass is 473 g/mol. The van der Waals surface area contributed by atoms with Crippen LogP contribution in [0, 0.1) is 36.0 Å². The van der Waals surface area contributed by atoms with Crippen LogP contribution in [-0.2, 0) is 16.5 Å². The molecule has 0 saturated carbocycles. The zero-order valence-corrected chi connectivity index (χ0v) is 17.8. The third-order valence-corrected chi connectivity index (χ3v) is 5.04. The molecule has 3 rings (SSSR count). The highest BCUT2D eigenvalue weighted by Crippen LogP contribution is 2.26. The molecule has 0 spiro atoms. The van der Waals surface area contributed by atoms with Gasteiger partial charge in [-0.25, -0.2) is 30.4 Å². The third kappa shape index (κ3) is 6.27. The van der Waals surface area contributed by atoms with Crippen LogP contribution in [0.1, 0.15) is 23.6 Å². The SMILES string of the molecule is CCOc1ccc(Cc2ccc(C)cc2)cc1.O=S(=O)([O-])c1c(F)c(F)c(F)c(F)c1F. The Morgan fingerprint density at radius 3 is 1.56 bits per heavy atom. The van der Waals surface area contributed by atoms with Crippen LogP contribution in [0.15, 0.2) is 53.4 Å². The molecule has 0 fully saturated rings. The summed E-state index contributed by atoms with van der Waals surface area (Å²) in [5.74, 6) is -11.9. The van der Waals surface area contributed by atoms with Crippen molar-refractivity contribution in [1.29, 1.82) is 0 Å². The first-order valence-electron chi connectivity index (χ1n) is 9.20. The van der Waals surface area contributed by atoms with E-state index in [0.717, 1.165) is 18.8 Å². The lowest BCUT2D eigenvalue weighted by Crippen LogP contribution is -2.12. The minimum absolute atomic E-state index is 0.720. The highest BCUT2D eigenvalue weighted by Gasteiger charge is 2.28. The highest BCUT2D eigenvalue weighted by atomic mass is 32.2. The number of rotatable bonds is 5. The Kier molecular flexibility index (Phi) is 8.34. The topological polar surface area (TPSA) is 66.4 Å². The van der Waals surface area contributed by atoms with E-state index in [9.17, 15) is 34.9 Å². The molecule has 0 atom stereocenters. The largest absolute Gasteiger partial charge is 0.744 e. The molecular formula is C22H18F5O4S-. The van der Waals surface area contributed by atoms with Crippen LogP contribution < -0.4 is 4.74 Å². The fourth-order valence-corrected chi connectivity index (χ4v) is 3.23. The van der Waals surface area contributed by atoms with Crippen molar-refractivity contribution < 1.29 is 39.7 Å². The van der Waals surface area contributed by atoms with Crippen LogP contribution in [0.4, 0.5) is 22.0 Å². The van der Waals surface area contributed by atoms with Crippen LogP contribution in [0.25, 0.3) is 0 Å². The van der Waals surface area contributed by atoms with Crippen molar-refractivity contribution in [2.24, 2.45) is 0 Å². The Labute approximate surface area is 182 Å². The number of ether oxygens (including phenoxy) is 1. The van der Waals surface area contributed by atoms with E-state index in [1.54, 1.807) is 0 Å². The lowest BCUT2D eigenvalue weighted by molar-refractivity contribution is 0.340. The normalized spacial score (nSPS) is 11.0. The lowest BCUT2D eigenvalue weighted by Gasteiger charge is -2.10. The van der Waals surface area contributed by atoms with Gasteiger partial charge in [-0.15, -0.1) is 0 Å². The molecule has 0 unspecified atom stereocenters. The van der Waals surface area contributed by atoms with Gasteiger partial charge in [-0.3, -0.25) is 0 Å². The molecule has 4 nitrogen and oxygen atoms in total. The molecule has 0 radical (unpaired) electrons. The first kappa shape index (κ1) is 25.3. The molecule has 3 aromatic carbocycles. The van der Waals surface area contributed by atoms with E-state index >= 15 is 0 Å². The van der Waals surface area contributed by atoms with E-state index in [4.69, 9.17) is 4.74 Å². The average molecular weight is 473 g/mol. The average Bonchev–Trinajstić information content (AvgIpc) is 2.74. The van der Waals surface area contributed by atoms with Crippen molar-refractivity contribution in [2.45, 2.75) is 25.2 Å². The molecule has 0 aromatic heterocycles. The van der Waals surface area contributed by atoms with E-state index in [1.807, 2.05) is 19.1 Å². The number of benzene rings is 3. The zero-order valence-electron chi connectivity index (χ0n) is 17.0. The van der Waals surface area contributed by atoms with Gasteiger partial charge in [0.15, 0.2) is 23.3 Å². The van der Waals surface area contributed by atoms with Gasteiger partial charge in [-0.1, -0.05) is 42.0 Å². The zero-order chi connectivity index (χ0) is 24.1. The number of halogens is 5. The van der Waals surface area contributed by atoms with E-state index < -0.39 is 44.1 Å². The molecule has 0 aliphatic carbocycles. The second-order valence-electron chi connectivity index (χ2n) is 6.59. The summed E-state index contributed by atoms with van der Waals surface area (Å²) in [6.07, 6.45) is 0.979. The quantitative estimate of drug-likeness (QED) is 0.219. The maximum Gasteiger partial charge on any atom is 0.200 e. The summed E-state index contributed by atoms with van der Waals surface area (Å²) in [6, 6.07) is 17.0. The van der Waals surface area contributed by atoms with Gasteiger partial charge in [-0.05, 0) is 43.5 Å². The van der Waals surface area contributed by atoms with Crippen molar-refractivity contribution in [2.75, 3.05) is 6.61 Å². The summed E-state index contributed by atoms with van der Waals surface area (Å²) in [4.78, 5) is -2.38. The maximum atomic E-state index is 12.6. The second kappa shape index (κ2) is 10.6. The lowest BCUT2D eigenvalue weighted by atomic mass is 10.0. The van der Waals surface area contributed by atoms with Gasteiger partial charge < -0.3 is 9.29 Å². The summed E-state index contributed by atoms with van der Waals surface area (Å²) in [6.45, 7) is 4.83. The van der Waals surface area contributed by atoms with Gasteiger partial charge in [-0.2, -0.15) is 0 Å². The van der Waals surface area contributed by atoms with Crippen LogP contribution in [-0.4, -0.2) is 19.6 Å². The molecule has 10 heteroatoms. The smallest absolute Gasteiger partial charge is 0.200 e. The van der Waals surface area contributed by atoms with Gasteiger partial charge in [0.25, 0.3) is 0 Å². The van der Waals surface area contributed by atoms with Crippen molar-refractivity contribution in [1.82, 2.24) is 0 Å². The number of hydrogen-bond donors (Lipinski definition) is 0. The predicted octanol–water partition coefficient (Wildman–Crippen LogP) is 5.27. The predicted molar refractivity (Wildman–Crippen MR) is 106 cm³/mol. The molecule has 32 heavy (non-hydrogen) atoms. The summed E-state index contributed by atoms with van der Waals surface area (Å²) >= 11 is 0. The summed E-state index contributed by atoms with van der Waals surface area (Å²) in [5, 5.41) is 0. The molecule has 172 valence electrons. The minimum Gasteiger partial charge on any atom is -0.744 e. The molecule has 0 saturated heterocycles. The van der Waals surface area contributed by atoms with E-state index in [2.05, 4.69) is 43.3 Å². The maximum absolute atomic E-state index is 12.6. The fraction of sp³-hybridized carbons (Fsp3) is 0.182. The molecule has 0 bridgehead atoms. The van der Waals surface area contributed by atoms with Crippen LogP contribution in [0.5, 0.6) is 5.75 Å². The Morgan fingerprint density at radius 1 is 0.750 bits per heavy atom. The molecule has 0 aliphatic rings. The van der Waals surface area contributed by atoms with Crippen molar-refractivity contribution in [3.8, 4) is 5.75 Å². The van der Waals surface area contributed by atoms with Crippen molar-refractivity contribution >= 4 is 10.1 Å². The molecule has 0 aliphatic heterocycles. The van der Waals surface area contributed by atoms with Crippen molar-refractivity contribution in [3.05, 3.63) is 94.3 Å². The second-order valence-corrected chi connectivity index (χ2v) is 7.91. The van der Waals surface area contributed by atoms with Gasteiger partial charge in [0.1, 0.15) is 20.8 Å². The highest BCUT2D eigenvalue weighted by molar-refractivity contribution is 7.85. The Balaban J connectivity index is 0.000000229. The molecule has 0 N–H and O–H groups in total. The van der Waals surface area contributed by atoms with E-state index in [-0.39, 0.29) is 0 Å². The van der Waals surface area contributed by atoms with Gasteiger partial charge in [0.05, 0.1) is 6.61 Å². The Bertz CT molecular complexity index is 1150. The van der Waals surface area contributed by atoms with E-state index in [1.165, 1.54) is 16.7 Å². The fourth-order valence-electron chi connectivity index (χ4n) is 2.62. The van der Waals surface area contributed by atoms with Gasteiger partial charge in [0, 0.05) is 0 Å². The standard InChI is InChI=1S/C16H18O.C6HF5O3S/c1-3-17-16-10-8-15(9-11-16)12-14-6-4-13(2)5-7-14;7-1-2(8)4(10)6(15(12,13)14)5(11)3(1)9/h4-11H,3,12H2,1-2H3;(H,12,13,14)/p-1. The molecule has 3 aromatic rings. The summed E-state index contributed by atoms with van der Waals surface area (Å²) in [5.41, 5.74) is 3.97. The minimum atomic E-state index is -5.77. The van der Waals surface area contributed by atoms with Crippen molar-refractivity contribution in [3.63, 3.8) is 0 Å². The molecule has 0 amide bonds. The van der Waals surface area contributed by atoms with Crippen LogP contribution >= 0.6 is 0 Å². The van der Waals surface area contributed by atoms with E-state index in [0.29, 0.717) is 0 Å². The third-order valence-electron chi connectivity index (χ3n) is 4.18. The Morgan fingerprint density at radius 2 is 1.16 bits per heavy atom.